The zero-order valence-electron chi connectivity index (χ0n) is 13.6. The number of amides is 1. The quantitative estimate of drug-likeness (QED) is 0.587. The number of hydrogen-bond donors (Lipinski definition) is 4. The van der Waals surface area contributed by atoms with Crippen molar-refractivity contribution in [2.45, 2.75) is 18.8 Å². The Balaban J connectivity index is 1.91. The third-order valence-electron chi connectivity index (χ3n) is 3.61. The Morgan fingerprint density at radius 1 is 1.08 bits per heavy atom. The number of carbonyl (C=O) groups is 2. The van der Waals surface area contributed by atoms with Gasteiger partial charge in [-0.2, -0.15) is 0 Å². The van der Waals surface area contributed by atoms with Crippen molar-refractivity contribution in [1.29, 1.82) is 0 Å². The first-order valence-corrected chi connectivity index (χ1v) is 8.10. The molecule has 0 spiro atoms. The molecule has 8 heteroatoms. The van der Waals surface area contributed by atoms with Crippen LogP contribution in [-0.2, 0) is 11.3 Å². The van der Waals surface area contributed by atoms with Gasteiger partial charge in [0.15, 0.2) is 0 Å². The average Bonchev–Trinajstić information content (AvgIpc) is 2.64. The highest BCUT2D eigenvalue weighted by Gasteiger charge is 2.25. The molecular formula is C18H18ClNO6. The van der Waals surface area contributed by atoms with Gasteiger partial charge in [-0.05, 0) is 17.2 Å². The Bertz CT molecular complexity index is 768. The third-order valence-corrected chi connectivity index (χ3v) is 3.93. The molecule has 0 bridgehead atoms. The normalized spacial score (nSPS) is 12.9. The van der Waals surface area contributed by atoms with Crippen LogP contribution in [0.15, 0.2) is 48.5 Å². The summed E-state index contributed by atoms with van der Waals surface area (Å²) in [5, 5.41) is 31.7. The van der Waals surface area contributed by atoms with Crippen LogP contribution in [-0.4, -0.2) is 40.0 Å². The molecule has 138 valence electrons. The zero-order valence-corrected chi connectivity index (χ0v) is 14.4. The minimum absolute atomic E-state index is 0.0445. The lowest BCUT2D eigenvalue weighted by Gasteiger charge is -2.20. The van der Waals surface area contributed by atoms with Crippen molar-refractivity contribution >= 4 is 23.7 Å². The molecule has 2 aromatic rings. The number of aliphatic hydroxyl groups excluding tert-OH is 2. The molecule has 2 atom stereocenters. The zero-order chi connectivity index (χ0) is 19.1. The standard InChI is InChI=1S/C18H18ClNO6/c19-13-8-4-7-12(15(13)17(23)24)16(22)14(21)9-20-18(25)26-10-11-5-2-1-3-6-11/h1-8,14,16,21-22H,9-10H2,(H,20,25)(H,23,24). The molecule has 0 saturated carbocycles. The van der Waals surface area contributed by atoms with Gasteiger partial charge in [-0.15, -0.1) is 0 Å². The Kier molecular flexibility index (Phi) is 6.97. The van der Waals surface area contributed by atoms with Gasteiger partial charge >= 0.3 is 12.1 Å². The van der Waals surface area contributed by atoms with Crippen LogP contribution in [0, 0.1) is 0 Å². The minimum Gasteiger partial charge on any atom is -0.478 e. The summed E-state index contributed by atoms with van der Waals surface area (Å²) < 4.78 is 4.99. The van der Waals surface area contributed by atoms with Crippen LogP contribution in [0.4, 0.5) is 4.79 Å². The number of alkyl carbamates (subject to hydrolysis) is 1. The van der Waals surface area contributed by atoms with Gasteiger partial charge in [0.1, 0.15) is 18.8 Å². The van der Waals surface area contributed by atoms with E-state index in [-0.39, 0.29) is 29.3 Å². The van der Waals surface area contributed by atoms with E-state index in [2.05, 4.69) is 5.32 Å². The first-order valence-electron chi connectivity index (χ1n) is 7.72. The van der Waals surface area contributed by atoms with Gasteiger partial charge in [-0.3, -0.25) is 0 Å². The van der Waals surface area contributed by atoms with Crippen LogP contribution in [0.25, 0.3) is 0 Å². The number of carbonyl (C=O) groups excluding carboxylic acids is 1. The number of aliphatic hydroxyl groups is 2. The first kappa shape index (κ1) is 19.7. The molecule has 0 aliphatic carbocycles. The second-order valence-electron chi connectivity index (χ2n) is 5.46. The molecule has 0 saturated heterocycles. The summed E-state index contributed by atoms with van der Waals surface area (Å²) in [6.45, 7) is -0.275. The summed E-state index contributed by atoms with van der Waals surface area (Å²) in [6.07, 6.45) is -3.77. The summed E-state index contributed by atoms with van der Waals surface area (Å²) in [7, 11) is 0. The second kappa shape index (κ2) is 9.19. The predicted octanol–water partition coefficient (Wildman–Crippen LogP) is 2.36. The topological polar surface area (TPSA) is 116 Å². The Labute approximate surface area is 154 Å². The Morgan fingerprint density at radius 2 is 1.77 bits per heavy atom. The highest BCUT2D eigenvalue weighted by Crippen LogP contribution is 2.27. The van der Waals surface area contributed by atoms with E-state index < -0.39 is 24.3 Å². The molecule has 0 heterocycles. The molecule has 0 radical (unpaired) electrons. The van der Waals surface area contributed by atoms with Crippen LogP contribution in [0.2, 0.25) is 5.02 Å². The van der Waals surface area contributed by atoms with Gasteiger partial charge in [0, 0.05) is 6.54 Å². The first-order chi connectivity index (χ1) is 12.4. The van der Waals surface area contributed by atoms with Crippen molar-refractivity contribution in [2.24, 2.45) is 0 Å². The number of ether oxygens (including phenoxy) is 1. The predicted molar refractivity (Wildman–Crippen MR) is 94.0 cm³/mol. The fourth-order valence-corrected chi connectivity index (χ4v) is 2.56. The maximum Gasteiger partial charge on any atom is 0.407 e. The summed E-state index contributed by atoms with van der Waals surface area (Å²) in [6, 6.07) is 13.2. The number of aromatic carboxylic acids is 1. The summed E-state index contributed by atoms with van der Waals surface area (Å²) in [5.74, 6) is -1.33. The lowest BCUT2D eigenvalue weighted by atomic mass is 9.98. The van der Waals surface area contributed by atoms with Gasteiger partial charge in [-0.25, -0.2) is 9.59 Å². The number of nitrogens with one attached hydrogen (secondary N) is 1. The Morgan fingerprint density at radius 3 is 2.42 bits per heavy atom. The molecule has 0 aliphatic heterocycles. The van der Waals surface area contributed by atoms with Gasteiger partial charge in [-0.1, -0.05) is 54.1 Å². The third kappa shape index (κ3) is 5.19. The number of benzene rings is 2. The monoisotopic (exact) mass is 379 g/mol. The molecule has 4 N–H and O–H groups in total. The molecule has 0 aliphatic rings. The molecule has 2 aromatic carbocycles. The molecule has 7 nitrogen and oxygen atoms in total. The number of rotatable bonds is 7. The number of carboxylic acid groups (broad SMARTS) is 1. The maximum atomic E-state index is 11.7. The van der Waals surface area contributed by atoms with Crippen LogP contribution < -0.4 is 5.32 Å². The molecular weight excluding hydrogens is 362 g/mol. The molecule has 1 amide bonds. The second-order valence-corrected chi connectivity index (χ2v) is 5.87. The average molecular weight is 380 g/mol. The van der Waals surface area contributed by atoms with Crippen LogP contribution in [0.3, 0.4) is 0 Å². The maximum absolute atomic E-state index is 11.7. The van der Waals surface area contributed by atoms with E-state index in [1.165, 1.54) is 18.2 Å². The highest BCUT2D eigenvalue weighted by atomic mass is 35.5. The molecule has 2 unspecified atom stereocenters. The van der Waals surface area contributed by atoms with E-state index in [0.717, 1.165) is 5.56 Å². The summed E-state index contributed by atoms with van der Waals surface area (Å²) in [4.78, 5) is 23.0. The van der Waals surface area contributed by atoms with E-state index in [9.17, 15) is 24.9 Å². The molecule has 26 heavy (non-hydrogen) atoms. The van der Waals surface area contributed by atoms with Crippen LogP contribution in [0.1, 0.15) is 27.6 Å². The minimum atomic E-state index is -1.55. The summed E-state index contributed by atoms with van der Waals surface area (Å²) in [5.41, 5.74) is 0.456. The van der Waals surface area contributed by atoms with Gasteiger partial charge < -0.3 is 25.4 Å². The largest absolute Gasteiger partial charge is 0.478 e. The smallest absolute Gasteiger partial charge is 0.407 e. The van der Waals surface area contributed by atoms with E-state index in [1.54, 1.807) is 12.1 Å². The van der Waals surface area contributed by atoms with E-state index in [4.69, 9.17) is 16.3 Å². The highest BCUT2D eigenvalue weighted by molar-refractivity contribution is 6.33. The van der Waals surface area contributed by atoms with Crippen molar-refractivity contribution in [1.82, 2.24) is 5.32 Å². The molecule has 0 fully saturated rings. The van der Waals surface area contributed by atoms with Crippen molar-refractivity contribution in [3.05, 3.63) is 70.2 Å². The van der Waals surface area contributed by atoms with Crippen molar-refractivity contribution in [2.75, 3.05) is 6.54 Å². The van der Waals surface area contributed by atoms with Crippen molar-refractivity contribution < 1.29 is 29.6 Å². The lowest BCUT2D eigenvalue weighted by molar-refractivity contribution is 0.0174. The van der Waals surface area contributed by atoms with Crippen molar-refractivity contribution in [3.8, 4) is 0 Å². The van der Waals surface area contributed by atoms with Gasteiger partial charge in [0.25, 0.3) is 0 Å². The van der Waals surface area contributed by atoms with E-state index in [1.807, 2.05) is 18.2 Å². The fraction of sp³-hybridized carbons (Fsp3) is 0.222. The SMILES string of the molecule is O=C(NCC(O)C(O)c1cccc(Cl)c1C(=O)O)OCc1ccccc1. The van der Waals surface area contributed by atoms with Crippen LogP contribution in [0.5, 0.6) is 0 Å². The number of halogens is 1. The molecule has 0 aromatic heterocycles. The summed E-state index contributed by atoms with van der Waals surface area (Å²) >= 11 is 5.84. The number of hydrogen-bond acceptors (Lipinski definition) is 5. The van der Waals surface area contributed by atoms with E-state index in [0.29, 0.717) is 0 Å². The van der Waals surface area contributed by atoms with Gasteiger partial charge in [0.05, 0.1) is 10.6 Å². The lowest BCUT2D eigenvalue weighted by Crippen LogP contribution is -2.36. The van der Waals surface area contributed by atoms with Crippen LogP contribution >= 0.6 is 11.6 Å². The van der Waals surface area contributed by atoms with Gasteiger partial charge in [0.2, 0.25) is 0 Å². The van der Waals surface area contributed by atoms with E-state index >= 15 is 0 Å². The van der Waals surface area contributed by atoms with Crippen molar-refractivity contribution in [3.63, 3.8) is 0 Å². The molecule has 2 rings (SSSR count). The fourth-order valence-electron chi connectivity index (χ4n) is 2.29. The number of carboxylic acids is 1. The Hall–Kier alpha value is -2.61.